The van der Waals surface area contributed by atoms with E-state index in [1.54, 1.807) is 0 Å². The maximum Gasteiger partial charge on any atom is 0.220 e. The summed E-state index contributed by atoms with van der Waals surface area (Å²) < 4.78 is 4.84. The maximum absolute atomic E-state index is 11.5. The number of rotatable bonds is 5. The predicted molar refractivity (Wildman–Crippen MR) is 67.8 cm³/mol. The number of hydrogen-bond donors (Lipinski definition) is 1. The van der Waals surface area contributed by atoms with Crippen molar-refractivity contribution in [2.24, 2.45) is 5.92 Å². The SMILES string of the molecule is CN1CCC(CC(=O)NCCOI)CC1. The molecule has 1 fully saturated rings. The highest BCUT2D eigenvalue weighted by molar-refractivity contribution is 14.1. The van der Waals surface area contributed by atoms with Crippen molar-refractivity contribution in [3.63, 3.8) is 0 Å². The normalized spacial score (nSPS) is 19.1. The van der Waals surface area contributed by atoms with E-state index in [1.165, 1.54) is 0 Å². The first-order chi connectivity index (χ1) is 7.22. The van der Waals surface area contributed by atoms with Gasteiger partial charge in [-0.15, -0.1) is 0 Å². The lowest BCUT2D eigenvalue weighted by Crippen LogP contribution is -2.34. The minimum Gasteiger partial charge on any atom is -0.354 e. The Hall–Kier alpha value is 0.120. The van der Waals surface area contributed by atoms with Crippen molar-refractivity contribution in [3.05, 3.63) is 0 Å². The summed E-state index contributed by atoms with van der Waals surface area (Å²) in [6.07, 6.45) is 2.97. The molecule has 5 heteroatoms. The molecule has 4 nitrogen and oxygen atoms in total. The van der Waals surface area contributed by atoms with Crippen LogP contribution in [0.4, 0.5) is 0 Å². The molecule has 1 aliphatic rings. The van der Waals surface area contributed by atoms with E-state index >= 15 is 0 Å². The van der Waals surface area contributed by atoms with Gasteiger partial charge in [-0.05, 0) is 38.9 Å². The van der Waals surface area contributed by atoms with Crippen LogP contribution in [0.1, 0.15) is 19.3 Å². The highest BCUT2D eigenvalue weighted by Gasteiger charge is 2.18. The first-order valence-corrected chi connectivity index (χ1v) is 6.29. The van der Waals surface area contributed by atoms with E-state index in [-0.39, 0.29) is 5.91 Å². The summed E-state index contributed by atoms with van der Waals surface area (Å²) >= 11 is 1.83. The monoisotopic (exact) mass is 326 g/mol. The van der Waals surface area contributed by atoms with Crippen LogP contribution in [-0.2, 0) is 7.86 Å². The molecule has 1 aliphatic heterocycles. The van der Waals surface area contributed by atoms with Gasteiger partial charge >= 0.3 is 0 Å². The molecule has 0 radical (unpaired) electrons. The number of halogens is 1. The van der Waals surface area contributed by atoms with Gasteiger partial charge in [0.15, 0.2) is 0 Å². The van der Waals surface area contributed by atoms with Crippen molar-refractivity contribution in [1.29, 1.82) is 0 Å². The Kier molecular flexibility index (Phi) is 6.51. The van der Waals surface area contributed by atoms with E-state index in [9.17, 15) is 4.79 Å². The molecule has 88 valence electrons. The standard InChI is InChI=1S/C10H19IN2O2/c1-13-5-2-9(3-6-13)8-10(14)12-4-7-15-11/h9H,2-8H2,1H3,(H,12,14). The van der Waals surface area contributed by atoms with Crippen molar-refractivity contribution in [2.75, 3.05) is 33.3 Å². The van der Waals surface area contributed by atoms with Crippen LogP contribution in [0, 0.1) is 5.92 Å². The topological polar surface area (TPSA) is 41.6 Å². The van der Waals surface area contributed by atoms with E-state index in [2.05, 4.69) is 17.3 Å². The molecule has 0 aromatic heterocycles. The number of nitrogens with zero attached hydrogens (tertiary/aromatic N) is 1. The van der Waals surface area contributed by atoms with Crippen molar-refractivity contribution < 1.29 is 7.86 Å². The second-order valence-electron chi connectivity index (χ2n) is 4.11. The van der Waals surface area contributed by atoms with E-state index in [1.807, 2.05) is 23.0 Å². The second kappa shape index (κ2) is 7.40. The molecule has 0 aromatic rings. The number of amides is 1. The molecular formula is C10H19IN2O2. The minimum atomic E-state index is 0.165. The van der Waals surface area contributed by atoms with E-state index in [0.717, 1.165) is 25.9 Å². The van der Waals surface area contributed by atoms with Gasteiger partial charge in [0, 0.05) is 13.0 Å². The Labute approximate surface area is 105 Å². The van der Waals surface area contributed by atoms with Crippen LogP contribution in [0.2, 0.25) is 0 Å². The molecule has 0 bridgehead atoms. The van der Waals surface area contributed by atoms with Crippen LogP contribution in [-0.4, -0.2) is 44.1 Å². The van der Waals surface area contributed by atoms with Crippen LogP contribution in [0.5, 0.6) is 0 Å². The Morgan fingerprint density at radius 3 is 2.80 bits per heavy atom. The predicted octanol–water partition coefficient (Wildman–Crippen LogP) is 1.20. The second-order valence-corrected chi connectivity index (χ2v) is 4.74. The summed E-state index contributed by atoms with van der Waals surface area (Å²) in [5, 5.41) is 2.86. The molecule has 0 aliphatic carbocycles. The van der Waals surface area contributed by atoms with Gasteiger partial charge in [-0.1, -0.05) is 0 Å². The third-order valence-corrected chi connectivity index (χ3v) is 3.25. The van der Waals surface area contributed by atoms with Crippen molar-refractivity contribution in [1.82, 2.24) is 10.2 Å². The van der Waals surface area contributed by atoms with Crippen molar-refractivity contribution in [2.45, 2.75) is 19.3 Å². The van der Waals surface area contributed by atoms with Crippen molar-refractivity contribution >= 4 is 28.9 Å². The van der Waals surface area contributed by atoms with Gasteiger partial charge in [-0.3, -0.25) is 4.79 Å². The summed E-state index contributed by atoms with van der Waals surface area (Å²) in [5.74, 6) is 0.736. The third kappa shape index (κ3) is 5.67. The van der Waals surface area contributed by atoms with E-state index < -0.39 is 0 Å². The summed E-state index contributed by atoms with van der Waals surface area (Å²) in [7, 11) is 2.13. The first-order valence-electron chi connectivity index (χ1n) is 5.41. The van der Waals surface area contributed by atoms with Gasteiger partial charge < -0.3 is 13.3 Å². The maximum atomic E-state index is 11.5. The fraction of sp³-hybridized carbons (Fsp3) is 0.900. The fourth-order valence-electron chi connectivity index (χ4n) is 1.83. The highest BCUT2D eigenvalue weighted by atomic mass is 127. The van der Waals surface area contributed by atoms with Crippen LogP contribution < -0.4 is 5.32 Å². The molecule has 1 saturated heterocycles. The molecule has 0 spiro atoms. The molecule has 0 unspecified atom stereocenters. The summed E-state index contributed by atoms with van der Waals surface area (Å²) in [4.78, 5) is 13.8. The van der Waals surface area contributed by atoms with Crippen LogP contribution >= 0.6 is 23.0 Å². The minimum absolute atomic E-state index is 0.165. The van der Waals surface area contributed by atoms with Gasteiger partial charge in [0.2, 0.25) is 5.91 Å². The van der Waals surface area contributed by atoms with E-state index in [4.69, 9.17) is 3.07 Å². The average Bonchev–Trinajstić information content (AvgIpc) is 2.22. The number of carbonyl (C=O) groups is 1. The lowest BCUT2D eigenvalue weighted by Gasteiger charge is -2.28. The number of piperidine rings is 1. The molecule has 15 heavy (non-hydrogen) atoms. The summed E-state index contributed by atoms with van der Waals surface area (Å²) in [6, 6.07) is 0. The van der Waals surface area contributed by atoms with E-state index in [0.29, 0.717) is 25.5 Å². The molecule has 0 saturated carbocycles. The first kappa shape index (κ1) is 13.2. The van der Waals surface area contributed by atoms with Gasteiger partial charge in [0.05, 0.1) is 6.61 Å². The zero-order valence-electron chi connectivity index (χ0n) is 9.17. The Balaban J connectivity index is 2.09. The van der Waals surface area contributed by atoms with Crippen LogP contribution in [0.15, 0.2) is 0 Å². The summed E-state index contributed by atoms with van der Waals surface area (Å²) in [6.45, 7) is 3.44. The largest absolute Gasteiger partial charge is 0.354 e. The van der Waals surface area contributed by atoms with Crippen LogP contribution in [0.25, 0.3) is 0 Å². The molecular weight excluding hydrogens is 307 g/mol. The number of hydrogen-bond acceptors (Lipinski definition) is 3. The zero-order chi connectivity index (χ0) is 11.1. The molecule has 1 rings (SSSR count). The third-order valence-electron chi connectivity index (χ3n) is 2.81. The quantitative estimate of drug-likeness (QED) is 0.610. The zero-order valence-corrected chi connectivity index (χ0v) is 11.3. The smallest absolute Gasteiger partial charge is 0.220 e. The number of nitrogens with one attached hydrogen (secondary N) is 1. The number of carbonyl (C=O) groups excluding carboxylic acids is 1. The summed E-state index contributed by atoms with van der Waals surface area (Å²) in [5.41, 5.74) is 0. The van der Waals surface area contributed by atoms with Gasteiger partial charge in [0.1, 0.15) is 23.0 Å². The Morgan fingerprint density at radius 1 is 1.53 bits per heavy atom. The van der Waals surface area contributed by atoms with Crippen LogP contribution in [0.3, 0.4) is 0 Å². The molecule has 1 heterocycles. The van der Waals surface area contributed by atoms with Crippen molar-refractivity contribution in [3.8, 4) is 0 Å². The average molecular weight is 326 g/mol. The lowest BCUT2D eigenvalue weighted by atomic mass is 9.93. The van der Waals surface area contributed by atoms with Gasteiger partial charge in [-0.2, -0.15) is 0 Å². The Bertz CT molecular complexity index is 194. The fourth-order valence-corrected chi connectivity index (χ4v) is 2.05. The molecule has 0 aromatic carbocycles. The molecule has 1 amide bonds. The molecule has 0 atom stereocenters. The Morgan fingerprint density at radius 2 is 2.20 bits per heavy atom. The van der Waals surface area contributed by atoms with Gasteiger partial charge in [0.25, 0.3) is 0 Å². The molecule has 1 N–H and O–H groups in total. The van der Waals surface area contributed by atoms with Gasteiger partial charge in [-0.25, -0.2) is 0 Å². The number of likely N-dealkylation sites (tertiary alicyclic amines) is 1. The highest BCUT2D eigenvalue weighted by Crippen LogP contribution is 2.18. The lowest BCUT2D eigenvalue weighted by molar-refractivity contribution is -0.122.